The molecule has 1 atom stereocenters. The number of rotatable bonds is 4. The number of piperazine rings is 1. The highest BCUT2D eigenvalue weighted by molar-refractivity contribution is 5.77. The van der Waals surface area contributed by atoms with Crippen molar-refractivity contribution < 1.29 is 4.79 Å². The number of carbonyl (C=O) groups is 1. The monoisotopic (exact) mass is 416 g/mol. The summed E-state index contributed by atoms with van der Waals surface area (Å²) in [7, 11) is 3.62. The SMILES string of the molecule is CN(C)C(=O)CN1CCN(c2ncccc2C2Nc3ccccc3-n3cccc32)CC1. The molecule has 5 rings (SSSR count). The highest BCUT2D eigenvalue weighted by atomic mass is 16.2. The average molecular weight is 417 g/mol. The average Bonchev–Trinajstić information content (AvgIpc) is 3.29. The third-order valence-electron chi connectivity index (χ3n) is 6.20. The van der Waals surface area contributed by atoms with Gasteiger partial charge in [-0.25, -0.2) is 4.98 Å². The minimum absolute atomic E-state index is 0.0296. The molecule has 7 heteroatoms. The molecule has 1 saturated heterocycles. The quantitative estimate of drug-likeness (QED) is 0.709. The Bertz CT molecular complexity index is 1080. The number of nitrogens with one attached hydrogen (secondary N) is 1. The van der Waals surface area contributed by atoms with Crippen LogP contribution < -0.4 is 10.2 Å². The number of fused-ring (bicyclic) bond motifs is 3. The molecule has 2 aromatic heterocycles. The molecule has 0 bridgehead atoms. The van der Waals surface area contributed by atoms with Gasteiger partial charge >= 0.3 is 0 Å². The number of benzene rings is 1. The number of likely N-dealkylation sites (N-methyl/N-ethyl adjacent to an activating group) is 1. The third kappa shape index (κ3) is 3.65. The van der Waals surface area contributed by atoms with Gasteiger partial charge < -0.3 is 19.7 Å². The number of aromatic nitrogens is 2. The molecular weight excluding hydrogens is 388 g/mol. The molecule has 1 fully saturated rings. The molecule has 1 amide bonds. The number of anilines is 2. The summed E-state index contributed by atoms with van der Waals surface area (Å²) in [5, 5.41) is 3.73. The van der Waals surface area contributed by atoms with Crippen LogP contribution in [0.15, 0.2) is 60.9 Å². The fourth-order valence-corrected chi connectivity index (χ4v) is 4.47. The van der Waals surface area contributed by atoms with Gasteiger partial charge in [0.25, 0.3) is 0 Å². The molecule has 7 nitrogen and oxygen atoms in total. The lowest BCUT2D eigenvalue weighted by atomic mass is 10.0. The number of carbonyl (C=O) groups excluding carboxylic acids is 1. The van der Waals surface area contributed by atoms with E-state index in [2.05, 4.69) is 68.3 Å². The Morgan fingerprint density at radius 1 is 1.06 bits per heavy atom. The van der Waals surface area contributed by atoms with Gasteiger partial charge in [-0.15, -0.1) is 0 Å². The van der Waals surface area contributed by atoms with E-state index in [1.807, 2.05) is 26.4 Å². The van der Waals surface area contributed by atoms with Gasteiger partial charge in [0.15, 0.2) is 0 Å². The molecule has 31 heavy (non-hydrogen) atoms. The van der Waals surface area contributed by atoms with Crippen LogP contribution in [0, 0.1) is 0 Å². The van der Waals surface area contributed by atoms with Crippen LogP contribution in [-0.2, 0) is 4.79 Å². The van der Waals surface area contributed by atoms with Crippen molar-refractivity contribution in [3.05, 3.63) is 72.2 Å². The van der Waals surface area contributed by atoms with Crippen LogP contribution in [0.25, 0.3) is 5.69 Å². The van der Waals surface area contributed by atoms with E-state index in [1.54, 1.807) is 4.90 Å². The van der Waals surface area contributed by atoms with Crippen LogP contribution in [0.3, 0.4) is 0 Å². The summed E-state index contributed by atoms with van der Waals surface area (Å²) in [5.74, 6) is 1.17. The summed E-state index contributed by atoms with van der Waals surface area (Å²) in [6.07, 6.45) is 4.00. The lowest BCUT2D eigenvalue weighted by Gasteiger charge is -2.38. The van der Waals surface area contributed by atoms with Crippen molar-refractivity contribution in [2.75, 3.05) is 57.0 Å². The molecular formula is C24H28N6O. The second-order valence-electron chi connectivity index (χ2n) is 8.37. The zero-order chi connectivity index (χ0) is 21.4. The topological polar surface area (TPSA) is 56.6 Å². The van der Waals surface area contributed by atoms with Gasteiger partial charge in [-0.1, -0.05) is 18.2 Å². The van der Waals surface area contributed by atoms with Crippen LogP contribution in [0.2, 0.25) is 0 Å². The van der Waals surface area contributed by atoms with Crippen molar-refractivity contribution in [2.24, 2.45) is 0 Å². The Balaban J connectivity index is 1.40. The fraction of sp³-hybridized carbons (Fsp3) is 0.333. The normalized spacial score (nSPS) is 18.1. The first kappa shape index (κ1) is 19.6. The molecule has 2 aliphatic rings. The molecule has 1 N–H and O–H groups in total. The minimum Gasteiger partial charge on any atom is -0.371 e. The third-order valence-corrected chi connectivity index (χ3v) is 6.20. The van der Waals surface area contributed by atoms with Crippen LogP contribution >= 0.6 is 0 Å². The van der Waals surface area contributed by atoms with Crippen molar-refractivity contribution in [2.45, 2.75) is 6.04 Å². The van der Waals surface area contributed by atoms with Crippen molar-refractivity contribution >= 4 is 17.4 Å². The minimum atomic E-state index is 0.0296. The van der Waals surface area contributed by atoms with Crippen LogP contribution in [0.4, 0.5) is 11.5 Å². The van der Waals surface area contributed by atoms with E-state index in [0.29, 0.717) is 6.54 Å². The maximum atomic E-state index is 12.1. The molecule has 0 saturated carbocycles. The number of hydrogen-bond donors (Lipinski definition) is 1. The Morgan fingerprint density at radius 3 is 2.68 bits per heavy atom. The summed E-state index contributed by atoms with van der Waals surface area (Å²) < 4.78 is 2.26. The van der Waals surface area contributed by atoms with E-state index in [0.717, 1.165) is 37.7 Å². The van der Waals surface area contributed by atoms with Gasteiger partial charge in [-0.3, -0.25) is 9.69 Å². The number of pyridine rings is 1. The highest BCUT2D eigenvalue weighted by Gasteiger charge is 2.29. The molecule has 0 radical (unpaired) electrons. The molecule has 0 aliphatic carbocycles. The summed E-state index contributed by atoms with van der Waals surface area (Å²) in [5.41, 5.74) is 4.68. The second kappa shape index (κ2) is 8.07. The first-order chi connectivity index (χ1) is 15.1. The van der Waals surface area contributed by atoms with Crippen LogP contribution in [0.1, 0.15) is 17.3 Å². The summed E-state index contributed by atoms with van der Waals surface area (Å²) in [6.45, 7) is 3.90. The van der Waals surface area contributed by atoms with Gasteiger partial charge in [-0.05, 0) is 30.3 Å². The van der Waals surface area contributed by atoms with Gasteiger partial charge in [0.2, 0.25) is 5.91 Å². The summed E-state index contributed by atoms with van der Waals surface area (Å²) >= 11 is 0. The van der Waals surface area contributed by atoms with Crippen LogP contribution in [0.5, 0.6) is 0 Å². The molecule has 3 aromatic rings. The van der Waals surface area contributed by atoms with Crippen molar-refractivity contribution in [3.8, 4) is 5.69 Å². The largest absolute Gasteiger partial charge is 0.371 e. The Hall–Kier alpha value is -3.32. The lowest BCUT2D eigenvalue weighted by Crippen LogP contribution is -2.50. The van der Waals surface area contributed by atoms with E-state index < -0.39 is 0 Å². The van der Waals surface area contributed by atoms with E-state index in [-0.39, 0.29) is 11.9 Å². The Labute approximate surface area is 182 Å². The van der Waals surface area contributed by atoms with Crippen LogP contribution in [-0.4, -0.2) is 72.1 Å². The van der Waals surface area contributed by atoms with Gasteiger partial charge in [-0.2, -0.15) is 0 Å². The van der Waals surface area contributed by atoms with Gasteiger partial charge in [0, 0.05) is 63.9 Å². The highest BCUT2D eigenvalue weighted by Crippen LogP contribution is 2.39. The smallest absolute Gasteiger partial charge is 0.236 e. The Morgan fingerprint density at radius 2 is 1.87 bits per heavy atom. The number of hydrogen-bond acceptors (Lipinski definition) is 5. The molecule has 1 unspecified atom stereocenters. The molecule has 0 spiro atoms. The first-order valence-corrected chi connectivity index (χ1v) is 10.8. The van der Waals surface area contributed by atoms with Crippen molar-refractivity contribution in [1.82, 2.24) is 19.4 Å². The number of nitrogens with zero attached hydrogens (tertiary/aromatic N) is 5. The zero-order valence-corrected chi connectivity index (χ0v) is 18.0. The maximum Gasteiger partial charge on any atom is 0.236 e. The number of para-hydroxylation sites is 2. The zero-order valence-electron chi connectivity index (χ0n) is 18.0. The summed E-state index contributed by atoms with van der Waals surface area (Å²) in [6, 6.07) is 16.9. The molecule has 4 heterocycles. The predicted molar refractivity (Wildman–Crippen MR) is 123 cm³/mol. The lowest BCUT2D eigenvalue weighted by molar-refractivity contribution is -0.129. The maximum absolute atomic E-state index is 12.1. The van der Waals surface area contributed by atoms with E-state index in [1.165, 1.54) is 16.9 Å². The van der Waals surface area contributed by atoms with E-state index >= 15 is 0 Å². The van der Waals surface area contributed by atoms with Crippen molar-refractivity contribution in [3.63, 3.8) is 0 Å². The van der Waals surface area contributed by atoms with E-state index in [4.69, 9.17) is 4.98 Å². The molecule has 1 aromatic carbocycles. The standard InChI is InChI=1S/C24H28N6O/c1-27(2)22(31)17-28-13-15-29(16-14-28)24-18(7-5-11-25-24)23-21-10-6-12-30(21)20-9-4-3-8-19(20)26-23/h3-12,23,26H,13-17H2,1-2H3. The predicted octanol–water partition coefficient (Wildman–Crippen LogP) is 2.60. The first-order valence-electron chi connectivity index (χ1n) is 10.8. The fourth-order valence-electron chi connectivity index (χ4n) is 4.47. The van der Waals surface area contributed by atoms with E-state index in [9.17, 15) is 4.79 Å². The Kier molecular flexibility index (Phi) is 5.11. The second-order valence-corrected chi connectivity index (χ2v) is 8.37. The number of amides is 1. The molecule has 160 valence electrons. The van der Waals surface area contributed by atoms with Gasteiger partial charge in [0.1, 0.15) is 5.82 Å². The molecule has 2 aliphatic heterocycles. The van der Waals surface area contributed by atoms with Gasteiger partial charge in [0.05, 0.1) is 24.0 Å². The van der Waals surface area contributed by atoms with Crippen molar-refractivity contribution in [1.29, 1.82) is 0 Å². The summed E-state index contributed by atoms with van der Waals surface area (Å²) in [4.78, 5) is 23.1.